The van der Waals surface area contributed by atoms with E-state index < -0.39 is 53.4 Å². The second-order valence-electron chi connectivity index (χ2n) is 8.84. The number of esters is 1. The number of nitrogens with one attached hydrogen (secondary N) is 1. The van der Waals surface area contributed by atoms with Crippen LogP contribution in [0.5, 0.6) is 0 Å². The lowest BCUT2D eigenvalue weighted by Crippen LogP contribution is -2.45. The Kier molecular flexibility index (Phi) is 6.64. The molecule has 0 atom stereocenters. The lowest BCUT2D eigenvalue weighted by atomic mass is 10.0. The van der Waals surface area contributed by atoms with E-state index in [9.17, 15) is 32.3 Å². The van der Waals surface area contributed by atoms with Crippen molar-refractivity contribution < 1.29 is 22.7 Å². The van der Waals surface area contributed by atoms with Gasteiger partial charge in [0.25, 0.3) is 5.56 Å². The van der Waals surface area contributed by atoms with E-state index in [0.29, 0.717) is 15.7 Å². The molecule has 0 saturated heterocycles. The number of aromatic nitrogens is 4. The average Bonchev–Trinajstić information content (AvgIpc) is 3.36. The van der Waals surface area contributed by atoms with Crippen LogP contribution in [0.25, 0.3) is 0 Å². The van der Waals surface area contributed by atoms with E-state index in [0.717, 1.165) is 22.3 Å². The van der Waals surface area contributed by atoms with E-state index in [4.69, 9.17) is 4.74 Å². The Bertz CT molecular complexity index is 1770. The molecule has 0 fully saturated rings. The van der Waals surface area contributed by atoms with Crippen molar-refractivity contribution in [3.63, 3.8) is 0 Å². The highest BCUT2D eigenvalue weighted by Crippen LogP contribution is 2.29. The van der Waals surface area contributed by atoms with E-state index in [-0.39, 0.29) is 30.2 Å². The number of carbonyl (C=O) groups excluding carboxylic acids is 1. The van der Waals surface area contributed by atoms with Gasteiger partial charge >= 0.3 is 17.3 Å². The summed E-state index contributed by atoms with van der Waals surface area (Å²) >= 11 is 0. The summed E-state index contributed by atoms with van der Waals surface area (Å²) in [5, 5.41) is 0. The van der Waals surface area contributed by atoms with Gasteiger partial charge in [0.15, 0.2) is 17.5 Å². The Morgan fingerprint density at radius 3 is 2.44 bits per heavy atom. The number of nitrogens with zero attached hydrogens (tertiary/aromatic N) is 4. The summed E-state index contributed by atoms with van der Waals surface area (Å²) in [7, 11) is 1.24. The maximum atomic E-state index is 14.0. The summed E-state index contributed by atoms with van der Waals surface area (Å²) in [6.07, 6.45) is 1.39. The van der Waals surface area contributed by atoms with Crippen LogP contribution in [0.1, 0.15) is 32.6 Å². The highest BCUT2D eigenvalue weighted by molar-refractivity contribution is 5.91. The second-order valence-corrected chi connectivity index (χ2v) is 8.84. The molecule has 3 heterocycles. The number of hydrogen-bond donors (Lipinski definition) is 1. The van der Waals surface area contributed by atoms with Crippen molar-refractivity contribution in [1.82, 2.24) is 19.1 Å². The molecule has 39 heavy (non-hydrogen) atoms. The molecule has 2 aromatic heterocycles. The predicted molar refractivity (Wildman–Crippen MR) is 132 cm³/mol. The molecule has 4 aromatic rings. The van der Waals surface area contributed by atoms with E-state index in [1.807, 2.05) is 0 Å². The number of H-pyrrole nitrogens is 1. The molecule has 0 unspecified atom stereocenters. The van der Waals surface area contributed by atoms with Crippen LogP contribution in [0.15, 0.2) is 63.0 Å². The van der Waals surface area contributed by atoms with Gasteiger partial charge in [-0.1, -0.05) is 18.2 Å². The zero-order valence-electron chi connectivity index (χ0n) is 20.4. The number of ether oxygens (including phenoxy) is 1. The summed E-state index contributed by atoms with van der Waals surface area (Å²) in [4.78, 5) is 59.2. The number of halogens is 3. The minimum Gasteiger partial charge on any atom is -0.465 e. The molecule has 5 rings (SSSR count). The van der Waals surface area contributed by atoms with Gasteiger partial charge < -0.3 is 14.6 Å². The smallest absolute Gasteiger partial charge is 0.355 e. The third kappa shape index (κ3) is 4.74. The Morgan fingerprint density at radius 2 is 1.74 bits per heavy atom. The molecule has 200 valence electrons. The minimum absolute atomic E-state index is 0.0704. The average molecular weight is 539 g/mol. The van der Waals surface area contributed by atoms with Gasteiger partial charge in [-0.05, 0) is 41.0 Å². The minimum atomic E-state index is -1.66. The maximum absolute atomic E-state index is 14.0. The molecule has 0 saturated carbocycles. The Morgan fingerprint density at radius 1 is 1.00 bits per heavy atom. The fourth-order valence-electron chi connectivity index (χ4n) is 4.53. The van der Waals surface area contributed by atoms with Crippen LogP contribution >= 0.6 is 0 Å². The lowest BCUT2D eigenvalue weighted by Gasteiger charge is -2.22. The van der Waals surface area contributed by atoms with Crippen LogP contribution in [0.3, 0.4) is 0 Å². The Balaban J connectivity index is 1.64. The molecule has 0 amide bonds. The fourth-order valence-corrected chi connectivity index (χ4v) is 4.53. The molecule has 0 bridgehead atoms. The first-order valence-corrected chi connectivity index (χ1v) is 11.6. The van der Waals surface area contributed by atoms with Crippen molar-refractivity contribution >= 4 is 11.9 Å². The zero-order valence-corrected chi connectivity index (χ0v) is 20.4. The van der Waals surface area contributed by atoms with Gasteiger partial charge in [-0.2, -0.15) is 4.98 Å². The van der Waals surface area contributed by atoms with Crippen LogP contribution in [-0.4, -0.2) is 32.2 Å². The number of methoxy groups -OCH3 is 1. The monoisotopic (exact) mass is 539 g/mol. The number of carbonyl (C=O) groups is 1. The molecule has 13 heteroatoms. The molecule has 0 aliphatic carbocycles. The van der Waals surface area contributed by atoms with Gasteiger partial charge in [0.05, 0.1) is 25.8 Å². The van der Waals surface area contributed by atoms with E-state index in [1.54, 1.807) is 23.1 Å². The van der Waals surface area contributed by atoms with Crippen molar-refractivity contribution in [1.29, 1.82) is 0 Å². The highest BCUT2D eigenvalue weighted by atomic mass is 19.2. The van der Waals surface area contributed by atoms with Gasteiger partial charge in [-0.3, -0.25) is 9.36 Å². The molecule has 1 aliphatic rings. The number of aromatic amines is 1. The first-order chi connectivity index (χ1) is 18.7. The van der Waals surface area contributed by atoms with Crippen molar-refractivity contribution in [2.24, 2.45) is 0 Å². The summed E-state index contributed by atoms with van der Waals surface area (Å²) in [5.41, 5.74) is -0.781. The van der Waals surface area contributed by atoms with Gasteiger partial charge in [0.2, 0.25) is 5.95 Å². The molecule has 0 spiro atoms. The lowest BCUT2D eigenvalue weighted by molar-refractivity contribution is 0.0599. The van der Waals surface area contributed by atoms with Gasteiger partial charge in [0, 0.05) is 24.8 Å². The number of benzene rings is 2. The van der Waals surface area contributed by atoms with E-state index in [2.05, 4.69) is 9.97 Å². The molecule has 1 N–H and O–H groups in total. The normalized spacial score (nSPS) is 12.5. The van der Waals surface area contributed by atoms with Crippen LogP contribution in [-0.2, 0) is 30.9 Å². The van der Waals surface area contributed by atoms with Crippen molar-refractivity contribution in [3.8, 4) is 0 Å². The van der Waals surface area contributed by atoms with E-state index >= 15 is 0 Å². The third-order valence-electron chi connectivity index (χ3n) is 6.41. The Hall–Kier alpha value is -4.94. The fraction of sp³-hybridized carbons (Fsp3) is 0.192. The second kappa shape index (κ2) is 10.1. The quantitative estimate of drug-likeness (QED) is 0.294. The third-order valence-corrected chi connectivity index (χ3v) is 6.41. The van der Waals surface area contributed by atoms with Crippen LogP contribution < -0.4 is 21.8 Å². The first kappa shape index (κ1) is 25.7. The van der Waals surface area contributed by atoms with Gasteiger partial charge in [-0.25, -0.2) is 32.1 Å². The van der Waals surface area contributed by atoms with Crippen molar-refractivity contribution in [2.75, 3.05) is 12.0 Å². The van der Waals surface area contributed by atoms with Crippen LogP contribution in [0.4, 0.5) is 19.1 Å². The molecule has 0 radical (unpaired) electrons. The number of pyridine rings is 1. The van der Waals surface area contributed by atoms with Crippen LogP contribution in [0.2, 0.25) is 0 Å². The molecule has 10 nitrogen and oxygen atoms in total. The first-order valence-electron chi connectivity index (χ1n) is 11.6. The molecular weight excluding hydrogens is 519 g/mol. The van der Waals surface area contributed by atoms with Gasteiger partial charge in [0.1, 0.15) is 0 Å². The topological polar surface area (TPSA) is 119 Å². The summed E-state index contributed by atoms with van der Waals surface area (Å²) in [5.74, 6) is -5.27. The summed E-state index contributed by atoms with van der Waals surface area (Å²) in [6.45, 7) is -0.668. The Labute approximate surface area is 217 Å². The van der Waals surface area contributed by atoms with Crippen molar-refractivity contribution in [3.05, 3.63) is 125 Å². The largest absolute Gasteiger partial charge is 0.465 e. The zero-order chi connectivity index (χ0) is 27.8. The SMILES string of the molecule is COC(=O)c1cccc2c1CN(c1nc(=O)n(Cc3ccc[nH]c3=O)c(=O)n1Cc1cc(F)c(F)c(F)c1)C2. The summed E-state index contributed by atoms with van der Waals surface area (Å²) < 4.78 is 48.1. The number of fused-ring (bicyclic) bond motifs is 1. The standard InChI is InChI=1S/C26H20F3N5O5/c1-39-23(36)17-6-2-4-15-11-32(13-18(15)17)24-31-25(37)34(12-16-5-3-7-30-22(16)35)26(38)33(24)10-14-8-19(27)21(29)20(28)9-14/h2-9H,10-13H2,1H3,(H,30,35). The number of rotatable bonds is 6. The highest BCUT2D eigenvalue weighted by Gasteiger charge is 2.29. The van der Waals surface area contributed by atoms with E-state index in [1.165, 1.54) is 25.4 Å². The predicted octanol–water partition coefficient (Wildman–Crippen LogP) is 1.91. The van der Waals surface area contributed by atoms with Gasteiger partial charge in [-0.15, -0.1) is 0 Å². The summed E-state index contributed by atoms with van der Waals surface area (Å²) in [6, 6.07) is 9.42. The molecular formula is C26H20F3N5O5. The van der Waals surface area contributed by atoms with Crippen molar-refractivity contribution in [2.45, 2.75) is 26.2 Å². The molecule has 1 aliphatic heterocycles. The number of anilines is 1. The number of hydrogen-bond acceptors (Lipinski definition) is 7. The molecule has 2 aromatic carbocycles. The van der Waals surface area contributed by atoms with Crippen LogP contribution in [0, 0.1) is 17.5 Å². The maximum Gasteiger partial charge on any atom is 0.355 e.